The molecule has 0 saturated carbocycles. The predicted molar refractivity (Wildman–Crippen MR) is 87.1 cm³/mol. The van der Waals surface area contributed by atoms with Gasteiger partial charge in [0.15, 0.2) is 0 Å². The monoisotopic (exact) mass is 350 g/mol. The summed E-state index contributed by atoms with van der Waals surface area (Å²) >= 11 is 5.85. The number of amides is 1. The van der Waals surface area contributed by atoms with Crippen molar-refractivity contribution in [2.24, 2.45) is 11.1 Å². The van der Waals surface area contributed by atoms with E-state index in [0.717, 1.165) is 13.0 Å². The zero-order chi connectivity index (χ0) is 15.5. The van der Waals surface area contributed by atoms with Gasteiger partial charge in [-0.15, -0.1) is 12.4 Å². The van der Waals surface area contributed by atoms with E-state index in [4.69, 9.17) is 22.1 Å². The fourth-order valence-electron chi connectivity index (χ4n) is 2.40. The first-order chi connectivity index (χ1) is 9.93. The van der Waals surface area contributed by atoms with E-state index in [1.807, 2.05) is 4.90 Å². The van der Waals surface area contributed by atoms with Crippen LogP contribution in [-0.2, 0) is 4.79 Å². The van der Waals surface area contributed by atoms with Gasteiger partial charge < -0.3 is 15.4 Å². The van der Waals surface area contributed by atoms with Gasteiger partial charge in [-0.3, -0.25) is 4.79 Å². The molecule has 1 aliphatic rings. The molecule has 124 valence electrons. The highest BCUT2D eigenvalue weighted by atomic mass is 35.5. The Balaban J connectivity index is 0.00000242. The highest BCUT2D eigenvalue weighted by Gasteiger charge is 2.34. The number of hydrogen-bond acceptors (Lipinski definition) is 3. The Kier molecular flexibility index (Phi) is 6.91. The maximum Gasteiger partial charge on any atom is 0.226 e. The lowest BCUT2D eigenvalue weighted by molar-refractivity contribution is -0.131. The maximum absolute atomic E-state index is 12.9. The molecule has 0 bridgehead atoms. The summed E-state index contributed by atoms with van der Waals surface area (Å²) in [5.41, 5.74) is 5.75. The van der Waals surface area contributed by atoms with Crippen molar-refractivity contribution in [2.75, 3.05) is 26.2 Å². The van der Waals surface area contributed by atoms with Crippen LogP contribution in [0.15, 0.2) is 18.2 Å². The summed E-state index contributed by atoms with van der Waals surface area (Å²) in [5.74, 6) is 0.0195. The second kappa shape index (κ2) is 7.99. The lowest BCUT2D eigenvalue weighted by atomic mass is 9.90. The van der Waals surface area contributed by atoms with Gasteiger partial charge >= 0.3 is 0 Å². The van der Waals surface area contributed by atoms with E-state index in [9.17, 15) is 9.18 Å². The molecule has 1 unspecified atom stereocenters. The number of nitrogens with zero attached hydrogens (tertiary/aromatic N) is 1. The van der Waals surface area contributed by atoms with Crippen LogP contribution in [0.25, 0.3) is 0 Å². The number of ether oxygens (including phenoxy) is 1. The summed E-state index contributed by atoms with van der Waals surface area (Å²) < 4.78 is 18.3. The van der Waals surface area contributed by atoms with Crippen LogP contribution in [0.3, 0.4) is 0 Å². The number of benzene rings is 1. The molecule has 4 nitrogen and oxygen atoms in total. The van der Waals surface area contributed by atoms with Crippen molar-refractivity contribution in [3.05, 3.63) is 29.0 Å². The molecule has 1 atom stereocenters. The topological polar surface area (TPSA) is 55.6 Å². The average molecular weight is 351 g/mol. The third kappa shape index (κ3) is 4.73. The smallest absolute Gasteiger partial charge is 0.226 e. The van der Waals surface area contributed by atoms with Crippen LogP contribution in [0, 0.1) is 11.2 Å². The quantitative estimate of drug-likeness (QED) is 0.888. The Morgan fingerprint density at radius 2 is 2.27 bits per heavy atom. The molecule has 2 N–H and O–H groups in total. The Bertz CT molecular complexity index is 530. The number of halogens is 3. The van der Waals surface area contributed by atoms with E-state index < -0.39 is 5.82 Å². The highest BCUT2D eigenvalue weighted by molar-refractivity contribution is 6.32. The first-order valence-corrected chi connectivity index (χ1v) is 7.37. The molecule has 7 heteroatoms. The Morgan fingerprint density at radius 3 is 2.86 bits per heavy atom. The molecule has 0 radical (unpaired) electrons. The van der Waals surface area contributed by atoms with Gasteiger partial charge in [-0.25, -0.2) is 4.39 Å². The van der Waals surface area contributed by atoms with Crippen molar-refractivity contribution in [2.45, 2.75) is 19.8 Å². The molecule has 1 aromatic rings. The lowest BCUT2D eigenvalue weighted by Crippen LogP contribution is -2.35. The van der Waals surface area contributed by atoms with E-state index in [-0.39, 0.29) is 41.8 Å². The zero-order valence-electron chi connectivity index (χ0n) is 12.5. The fraction of sp³-hybridized carbons (Fsp3) is 0.533. The van der Waals surface area contributed by atoms with Crippen LogP contribution >= 0.6 is 24.0 Å². The van der Waals surface area contributed by atoms with Crippen LogP contribution in [0.1, 0.15) is 19.8 Å². The zero-order valence-corrected chi connectivity index (χ0v) is 14.1. The number of carbonyl (C=O) groups excluding carboxylic acids is 1. The van der Waals surface area contributed by atoms with E-state index >= 15 is 0 Å². The number of nitrogens with two attached hydrogens (primary N) is 1. The van der Waals surface area contributed by atoms with Crippen molar-refractivity contribution in [1.29, 1.82) is 0 Å². The van der Waals surface area contributed by atoms with Crippen LogP contribution < -0.4 is 10.5 Å². The van der Waals surface area contributed by atoms with Crippen molar-refractivity contribution >= 4 is 29.9 Å². The van der Waals surface area contributed by atoms with Gasteiger partial charge in [0.25, 0.3) is 0 Å². The minimum Gasteiger partial charge on any atom is -0.491 e. The first kappa shape index (κ1) is 19.0. The van der Waals surface area contributed by atoms with Gasteiger partial charge in [0.2, 0.25) is 5.91 Å². The number of hydrogen-bond donors (Lipinski definition) is 1. The van der Waals surface area contributed by atoms with Crippen molar-refractivity contribution < 1.29 is 13.9 Å². The van der Waals surface area contributed by atoms with E-state index in [1.54, 1.807) is 0 Å². The van der Waals surface area contributed by atoms with Gasteiger partial charge in [0.1, 0.15) is 11.6 Å². The maximum atomic E-state index is 12.9. The minimum atomic E-state index is -0.415. The molecule has 22 heavy (non-hydrogen) atoms. The van der Waals surface area contributed by atoms with Gasteiger partial charge in [0, 0.05) is 13.1 Å². The SMILES string of the molecule is CC1(CN)CCN(C(=O)CCOc2ccc(F)cc2Cl)C1.Cl. The molecule has 1 saturated heterocycles. The highest BCUT2D eigenvalue weighted by Crippen LogP contribution is 2.29. The van der Waals surface area contributed by atoms with Gasteiger partial charge in [-0.2, -0.15) is 0 Å². The van der Waals surface area contributed by atoms with Gasteiger partial charge in [-0.1, -0.05) is 18.5 Å². The van der Waals surface area contributed by atoms with Gasteiger partial charge in [0.05, 0.1) is 18.1 Å². The molecule has 1 fully saturated rings. The largest absolute Gasteiger partial charge is 0.491 e. The molecule has 1 aromatic carbocycles. The standard InChI is InChI=1S/C15H20ClFN2O2.ClH/c1-15(9-18)5-6-19(10-15)14(20)4-7-21-13-3-2-11(17)8-12(13)16;/h2-3,8H,4-7,9-10,18H2,1H3;1H. The molecular weight excluding hydrogens is 330 g/mol. The molecule has 0 aromatic heterocycles. The summed E-state index contributed by atoms with van der Waals surface area (Å²) in [7, 11) is 0. The fourth-order valence-corrected chi connectivity index (χ4v) is 2.62. The average Bonchev–Trinajstić information content (AvgIpc) is 2.85. The second-order valence-corrected chi connectivity index (χ2v) is 6.16. The third-order valence-corrected chi connectivity index (χ3v) is 4.17. The summed E-state index contributed by atoms with van der Waals surface area (Å²) in [6.07, 6.45) is 1.20. The lowest BCUT2D eigenvalue weighted by Gasteiger charge is -2.22. The molecule has 1 amide bonds. The molecule has 1 aliphatic heterocycles. The molecule has 2 rings (SSSR count). The van der Waals surface area contributed by atoms with Crippen molar-refractivity contribution in [3.8, 4) is 5.75 Å². The summed E-state index contributed by atoms with van der Waals surface area (Å²) in [4.78, 5) is 13.9. The van der Waals surface area contributed by atoms with Crippen LogP contribution in [0.5, 0.6) is 5.75 Å². The summed E-state index contributed by atoms with van der Waals surface area (Å²) in [6, 6.07) is 3.92. The Morgan fingerprint density at radius 1 is 1.55 bits per heavy atom. The van der Waals surface area contributed by atoms with Crippen LogP contribution in [0.2, 0.25) is 5.02 Å². The Labute approximate surface area is 141 Å². The van der Waals surface area contributed by atoms with E-state index in [0.29, 0.717) is 18.8 Å². The normalized spacial score (nSPS) is 20.6. The predicted octanol–water partition coefficient (Wildman–Crippen LogP) is 2.87. The van der Waals surface area contributed by atoms with Crippen LogP contribution in [0.4, 0.5) is 4.39 Å². The summed E-state index contributed by atoms with van der Waals surface area (Å²) in [5, 5.41) is 0.208. The molecule has 1 heterocycles. The summed E-state index contributed by atoms with van der Waals surface area (Å²) in [6.45, 7) is 4.33. The van der Waals surface area contributed by atoms with E-state index in [1.165, 1.54) is 18.2 Å². The molecule has 0 aliphatic carbocycles. The Hall–Kier alpha value is -1.04. The van der Waals surface area contributed by atoms with Crippen LogP contribution in [-0.4, -0.2) is 37.0 Å². The molecule has 0 spiro atoms. The second-order valence-electron chi connectivity index (χ2n) is 5.75. The third-order valence-electron chi connectivity index (χ3n) is 3.87. The molecular formula is C15H21Cl2FN2O2. The van der Waals surface area contributed by atoms with Crippen molar-refractivity contribution in [1.82, 2.24) is 4.90 Å². The van der Waals surface area contributed by atoms with Crippen molar-refractivity contribution in [3.63, 3.8) is 0 Å². The number of likely N-dealkylation sites (tertiary alicyclic amines) is 1. The van der Waals surface area contributed by atoms with E-state index in [2.05, 4.69) is 6.92 Å². The minimum absolute atomic E-state index is 0. The van der Waals surface area contributed by atoms with Gasteiger partial charge in [-0.05, 0) is 36.6 Å². The number of carbonyl (C=O) groups is 1. The first-order valence-electron chi connectivity index (χ1n) is 6.99. The number of rotatable bonds is 5.